The van der Waals surface area contributed by atoms with Gasteiger partial charge >= 0.3 is 11.9 Å². The summed E-state index contributed by atoms with van der Waals surface area (Å²) in [5.41, 5.74) is 0.874. The van der Waals surface area contributed by atoms with Gasteiger partial charge in [-0.3, -0.25) is 0 Å². The average Bonchev–Trinajstić information content (AvgIpc) is 2.47. The fourth-order valence-corrected chi connectivity index (χ4v) is 2.16. The van der Waals surface area contributed by atoms with E-state index >= 15 is 0 Å². The predicted octanol–water partition coefficient (Wildman–Crippen LogP) is 4.95. The number of hydrogen-bond donors (Lipinski definition) is 2. The van der Waals surface area contributed by atoms with Crippen LogP contribution >= 0.6 is 0 Å². The molecule has 22 heavy (non-hydrogen) atoms. The van der Waals surface area contributed by atoms with Crippen molar-refractivity contribution in [2.45, 2.75) is 78.1 Å². The first-order valence-corrected chi connectivity index (χ1v) is 8.25. The molecule has 0 heterocycles. The van der Waals surface area contributed by atoms with Crippen LogP contribution in [0.2, 0.25) is 0 Å². The first kappa shape index (κ1) is 20.4. The molecular formula is C18H30O4. The SMILES string of the molecule is CC(=CCCCCCCCCCCC=C(C)C(=O)O)C(=O)O. The van der Waals surface area contributed by atoms with Gasteiger partial charge in [-0.05, 0) is 39.5 Å². The summed E-state index contributed by atoms with van der Waals surface area (Å²) in [7, 11) is 0. The number of allylic oxidation sites excluding steroid dienone is 2. The zero-order chi connectivity index (χ0) is 16.8. The molecule has 0 amide bonds. The number of carbonyl (C=O) groups is 2. The minimum atomic E-state index is -0.826. The van der Waals surface area contributed by atoms with Gasteiger partial charge < -0.3 is 10.2 Å². The summed E-state index contributed by atoms with van der Waals surface area (Å²) in [6.45, 7) is 3.27. The average molecular weight is 310 g/mol. The van der Waals surface area contributed by atoms with Crippen LogP contribution in [0.3, 0.4) is 0 Å². The fraction of sp³-hybridized carbons (Fsp3) is 0.667. The van der Waals surface area contributed by atoms with Gasteiger partial charge in [0.15, 0.2) is 0 Å². The standard InChI is InChI=1S/C18H30O4/c1-15(17(19)20)13-11-9-7-5-3-4-6-8-10-12-14-16(2)18(21)22/h13-14H,3-12H2,1-2H3,(H,19,20)(H,21,22). The topological polar surface area (TPSA) is 74.6 Å². The molecule has 2 N–H and O–H groups in total. The van der Waals surface area contributed by atoms with Gasteiger partial charge in [-0.25, -0.2) is 9.59 Å². The van der Waals surface area contributed by atoms with E-state index in [0.717, 1.165) is 38.5 Å². The zero-order valence-corrected chi connectivity index (χ0v) is 13.9. The monoisotopic (exact) mass is 310 g/mol. The van der Waals surface area contributed by atoms with Crippen molar-refractivity contribution in [2.75, 3.05) is 0 Å². The molecule has 0 radical (unpaired) electrons. The quantitative estimate of drug-likeness (QED) is 0.373. The Hall–Kier alpha value is -1.58. The van der Waals surface area contributed by atoms with E-state index in [0.29, 0.717) is 11.1 Å². The molecule has 0 spiro atoms. The molecule has 0 bridgehead atoms. The highest BCUT2D eigenvalue weighted by atomic mass is 16.4. The summed E-state index contributed by atoms with van der Waals surface area (Å²) >= 11 is 0. The number of unbranched alkanes of at least 4 members (excludes halogenated alkanes) is 9. The predicted molar refractivity (Wildman–Crippen MR) is 89.0 cm³/mol. The Kier molecular flexibility index (Phi) is 12.2. The van der Waals surface area contributed by atoms with Gasteiger partial charge in [-0.1, -0.05) is 50.7 Å². The maximum atomic E-state index is 10.6. The maximum absolute atomic E-state index is 10.6. The van der Waals surface area contributed by atoms with Gasteiger partial charge in [0.2, 0.25) is 0 Å². The fourth-order valence-electron chi connectivity index (χ4n) is 2.16. The van der Waals surface area contributed by atoms with Crippen molar-refractivity contribution in [3.8, 4) is 0 Å². The molecule has 4 nitrogen and oxygen atoms in total. The highest BCUT2D eigenvalue weighted by molar-refractivity contribution is 5.86. The zero-order valence-electron chi connectivity index (χ0n) is 13.9. The Balaban J connectivity index is 3.34. The first-order chi connectivity index (χ1) is 10.4. The van der Waals surface area contributed by atoms with Gasteiger partial charge in [0, 0.05) is 11.1 Å². The number of aliphatic carboxylic acids is 2. The molecule has 0 saturated carbocycles. The Morgan fingerprint density at radius 1 is 0.636 bits per heavy atom. The van der Waals surface area contributed by atoms with Crippen LogP contribution in [0.1, 0.15) is 78.1 Å². The van der Waals surface area contributed by atoms with Gasteiger partial charge in [0.25, 0.3) is 0 Å². The van der Waals surface area contributed by atoms with Crippen LogP contribution in [0, 0.1) is 0 Å². The van der Waals surface area contributed by atoms with Crippen molar-refractivity contribution in [2.24, 2.45) is 0 Å². The summed E-state index contributed by atoms with van der Waals surface area (Å²) in [6.07, 6.45) is 14.6. The third kappa shape index (κ3) is 12.2. The molecule has 0 aromatic carbocycles. The van der Waals surface area contributed by atoms with Crippen LogP contribution in [-0.4, -0.2) is 22.2 Å². The van der Waals surface area contributed by atoms with Crippen LogP contribution in [0.4, 0.5) is 0 Å². The van der Waals surface area contributed by atoms with E-state index in [1.165, 1.54) is 25.7 Å². The van der Waals surface area contributed by atoms with Crippen LogP contribution in [-0.2, 0) is 9.59 Å². The molecule has 0 aliphatic rings. The Labute approximate surface area is 133 Å². The van der Waals surface area contributed by atoms with Crippen LogP contribution in [0.15, 0.2) is 23.3 Å². The van der Waals surface area contributed by atoms with E-state index in [9.17, 15) is 9.59 Å². The van der Waals surface area contributed by atoms with E-state index in [1.54, 1.807) is 26.0 Å². The van der Waals surface area contributed by atoms with Crippen molar-refractivity contribution >= 4 is 11.9 Å². The number of hydrogen-bond acceptors (Lipinski definition) is 2. The molecule has 0 fully saturated rings. The molecule has 0 aromatic rings. The Bertz CT molecular complexity index is 356. The van der Waals surface area contributed by atoms with Gasteiger partial charge in [-0.15, -0.1) is 0 Å². The molecule has 0 rings (SSSR count). The number of carboxylic acids is 2. The van der Waals surface area contributed by atoms with Crippen LogP contribution < -0.4 is 0 Å². The first-order valence-electron chi connectivity index (χ1n) is 8.25. The van der Waals surface area contributed by atoms with Crippen molar-refractivity contribution in [1.82, 2.24) is 0 Å². The lowest BCUT2D eigenvalue weighted by atomic mass is 10.1. The van der Waals surface area contributed by atoms with Crippen LogP contribution in [0.25, 0.3) is 0 Å². The van der Waals surface area contributed by atoms with Gasteiger partial charge in [0.1, 0.15) is 0 Å². The van der Waals surface area contributed by atoms with Crippen molar-refractivity contribution in [3.05, 3.63) is 23.3 Å². The second-order valence-electron chi connectivity index (χ2n) is 5.79. The molecule has 4 heteroatoms. The molecule has 0 aliphatic heterocycles. The Morgan fingerprint density at radius 3 is 1.18 bits per heavy atom. The van der Waals surface area contributed by atoms with E-state index in [2.05, 4.69) is 0 Å². The van der Waals surface area contributed by atoms with Gasteiger partial charge in [-0.2, -0.15) is 0 Å². The maximum Gasteiger partial charge on any atom is 0.330 e. The number of carboxylic acid groups (broad SMARTS) is 2. The highest BCUT2D eigenvalue weighted by Crippen LogP contribution is 2.12. The second-order valence-corrected chi connectivity index (χ2v) is 5.79. The summed E-state index contributed by atoms with van der Waals surface area (Å²) in [6, 6.07) is 0. The molecule has 0 aromatic heterocycles. The van der Waals surface area contributed by atoms with Crippen LogP contribution in [0.5, 0.6) is 0 Å². The summed E-state index contributed by atoms with van der Waals surface area (Å²) in [4.78, 5) is 21.2. The van der Waals surface area contributed by atoms with Crippen molar-refractivity contribution in [3.63, 3.8) is 0 Å². The largest absolute Gasteiger partial charge is 0.478 e. The third-order valence-electron chi connectivity index (χ3n) is 3.73. The van der Waals surface area contributed by atoms with E-state index < -0.39 is 11.9 Å². The molecule has 0 unspecified atom stereocenters. The normalized spacial score (nSPS) is 12.5. The Morgan fingerprint density at radius 2 is 0.909 bits per heavy atom. The summed E-state index contributed by atoms with van der Waals surface area (Å²) in [5.74, 6) is -1.65. The minimum Gasteiger partial charge on any atom is -0.478 e. The molecule has 0 aliphatic carbocycles. The lowest BCUT2D eigenvalue weighted by molar-refractivity contribution is -0.133. The van der Waals surface area contributed by atoms with Gasteiger partial charge in [0.05, 0.1) is 0 Å². The van der Waals surface area contributed by atoms with Crippen molar-refractivity contribution in [1.29, 1.82) is 0 Å². The van der Waals surface area contributed by atoms with E-state index in [-0.39, 0.29) is 0 Å². The smallest absolute Gasteiger partial charge is 0.330 e. The third-order valence-corrected chi connectivity index (χ3v) is 3.73. The summed E-state index contributed by atoms with van der Waals surface area (Å²) in [5, 5.41) is 17.4. The minimum absolute atomic E-state index is 0.437. The molecule has 0 atom stereocenters. The lowest BCUT2D eigenvalue weighted by Crippen LogP contribution is -1.95. The second kappa shape index (κ2) is 13.1. The molecular weight excluding hydrogens is 280 g/mol. The highest BCUT2D eigenvalue weighted by Gasteiger charge is 1.99. The number of rotatable bonds is 13. The van der Waals surface area contributed by atoms with E-state index in [4.69, 9.17) is 10.2 Å². The summed E-state index contributed by atoms with van der Waals surface area (Å²) < 4.78 is 0. The van der Waals surface area contributed by atoms with Crippen molar-refractivity contribution < 1.29 is 19.8 Å². The molecule has 126 valence electrons. The lowest BCUT2D eigenvalue weighted by Gasteiger charge is -2.01. The van der Waals surface area contributed by atoms with E-state index in [1.807, 2.05) is 0 Å². The molecule has 0 saturated heterocycles.